The van der Waals surface area contributed by atoms with Gasteiger partial charge in [0.25, 0.3) is 5.56 Å². The summed E-state index contributed by atoms with van der Waals surface area (Å²) in [6.45, 7) is 0.446. The number of halogens is 1. The second-order valence-corrected chi connectivity index (χ2v) is 11.6. The molecule has 2 aliphatic heterocycles. The molecule has 0 bridgehead atoms. The van der Waals surface area contributed by atoms with Crippen molar-refractivity contribution in [2.24, 2.45) is 0 Å². The van der Waals surface area contributed by atoms with Crippen molar-refractivity contribution in [1.82, 2.24) is 9.55 Å². The molecular formula is C24H34FN2O15P. The number of aromatic nitrogens is 2. The van der Waals surface area contributed by atoms with E-state index in [1.54, 1.807) is 6.92 Å². The van der Waals surface area contributed by atoms with Crippen LogP contribution in [0.3, 0.4) is 0 Å². The molecule has 3 heterocycles. The van der Waals surface area contributed by atoms with Crippen molar-refractivity contribution >= 4 is 20.1 Å². The standard InChI is InChI=1S/C24H34FN2O15P/c1-4-33-20(30)35-14-38-43(32,39-15-36-21(31)34-5-2)37-13-23(12-25)17-22(3,42-24(40-17)9-6-7-10-24)18(41-23)27-11-8-16(28)26-19(27)29/h8,11,17-18H,4-7,9-10,12-15H2,1-3H3,(H,26,28,29)/t17-,18+,22+,23+/m0/s1. The molecule has 43 heavy (non-hydrogen) atoms. The maximum absolute atomic E-state index is 15.1. The van der Waals surface area contributed by atoms with Gasteiger partial charge in [-0.3, -0.25) is 18.9 Å². The van der Waals surface area contributed by atoms with E-state index in [1.165, 1.54) is 20.0 Å². The summed E-state index contributed by atoms with van der Waals surface area (Å²) in [5.41, 5.74) is -5.07. The predicted molar refractivity (Wildman–Crippen MR) is 137 cm³/mol. The molecule has 1 saturated carbocycles. The van der Waals surface area contributed by atoms with Gasteiger partial charge < -0.3 is 33.2 Å². The second-order valence-electron chi connectivity index (χ2n) is 9.96. The first-order valence-corrected chi connectivity index (χ1v) is 15.0. The molecule has 0 aromatic carbocycles. The van der Waals surface area contributed by atoms with Crippen LogP contribution in [-0.2, 0) is 51.3 Å². The lowest BCUT2D eigenvalue weighted by Crippen LogP contribution is -2.51. The Morgan fingerprint density at radius 3 is 2.16 bits per heavy atom. The largest absolute Gasteiger partial charge is 0.510 e. The highest BCUT2D eigenvalue weighted by Crippen LogP contribution is 2.60. The Kier molecular flexibility index (Phi) is 10.3. The van der Waals surface area contributed by atoms with Gasteiger partial charge in [0.2, 0.25) is 13.6 Å². The molecule has 0 radical (unpaired) electrons. The number of aromatic amines is 1. The fourth-order valence-electron chi connectivity index (χ4n) is 5.25. The van der Waals surface area contributed by atoms with Gasteiger partial charge in [-0.2, -0.15) is 0 Å². The van der Waals surface area contributed by atoms with Gasteiger partial charge in [-0.25, -0.2) is 32.4 Å². The molecule has 4 rings (SSSR count). The zero-order valence-corrected chi connectivity index (χ0v) is 24.7. The summed E-state index contributed by atoms with van der Waals surface area (Å²) in [7, 11) is -4.80. The Balaban J connectivity index is 1.60. The van der Waals surface area contributed by atoms with E-state index in [2.05, 4.69) is 23.9 Å². The molecule has 3 fully saturated rings. The minimum Gasteiger partial charge on any atom is -0.435 e. The number of ether oxygens (including phenoxy) is 7. The van der Waals surface area contributed by atoms with E-state index in [0.717, 1.165) is 23.5 Å². The van der Waals surface area contributed by atoms with E-state index in [0.29, 0.717) is 12.8 Å². The molecular weight excluding hydrogens is 606 g/mol. The Labute approximate surface area is 244 Å². The summed E-state index contributed by atoms with van der Waals surface area (Å²) >= 11 is 0. The number of carbonyl (C=O) groups is 2. The quantitative estimate of drug-likeness (QED) is 0.187. The number of H-pyrrole nitrogens is 1. The lowest BCUT2D eigenvalue weighted by atomic mass is 9.88. The number of alkyl halides is 1. The highest BCUT2D eigenvalue weighted by atomic mass is 31.2. The van der Waals surface area contributed by atoms with Gasteiger partial charge in [0.05, 0.1) is 19.8 Å². The fraction of sp³-hybridized carbons (Fsp3) is 0.750. The molecule has 1 aromatic heterocycles. The lowest BCUT2D eigenvalue weighted by Gasteiger charge is -2.34. The van der Waals surface area contributed by atoms with Gasteiger partial charge in [-0.05, 0) is 33.6 Å². The minimum absolute atomic E-state index is 0.0174. The highest BCUT2D eigenvalue weighted by molar-refractivity contribution is 7.48. The van der Waals surface area contributed by atoms with Crippen molar-refractivity contribution in [3.05, 3.63) is 33.1 Å². The molecule has 2 saturated heterocycles. The van der Waals surface area contributed by atoms with Crippen LogP contribution in [0.4, 0.5) is 14.0 Å². The number of fused-ring (bicyclic) bond motifs is 1. The van der Waals surface area contributed by atoms with Crippen LogP contribution in [-0.4, -0.2) is 85.0 Å². The van der Waals surface area contributed by atoms with Gasteiger partial charge >= 0.3 is 25.8 Å². The van der Waals surface area contributed by atoms with Crippen molar-refractivity contribution in [2.75, 3.05) is 40.1 Å². The monoisotopic (exact) mass is 640 g/mol. The maximum Gasteiger partial charge on any atom is 0.510 e. The van der Waals surface area contributed by atoms with Gasteiger partial charge in [0.1, 0.15) is 18.4 Å². The molecule has 0 unspecified atom stereocenters. The van der Waals surface area contributed by atoms with Crippen molar-refractivity contribution in [3.63, 3.8) is 0 Å². The molecule has 17 nitrogen and oxygen atoms in total. The summed E-state index contributed by atoms with van der Waals surface area (Å²) in [5.74, 6) is -1.11. The molecule has 19 heteroatoms. The third-order valence-corrected chi connectivity index (χ3v) is 8.32. The van der Waals surface area contributed by atoms with E-state index in [4.69, 9.17) is 27.8 Å². The van der Waals surface area contributed by atoms with E-state index in [-0.39, 0.29) is 13.2 Å². The first kappa shape index (κ1) is 33.0. The summed E-state index contributed by atoms with van der Waals surface area (Å²) in [6.07, 6.45) is -1.20. The Morgan fingerprint density at radius 2 is 1.63 bits per heavy atom. The number of hydrogen-bond donors (Lipinski definition) is 1. The number of carbonyl (C=O) groups excluding carboxylic acids is 2. The van der Waals surface area contributed by atoms with E-state index >= 15 is 4.39 Å². The van der Waals surface area contributed by atoms with Crippen molar-refractivity contribution in [3.8, 4) is 0 Å². The van der Waals surface area contributed by atoms with Crippen LogP contribution >= 0.6 is 7.82 Å². The lowest BCUT2D eigenvalue weighted by molar-refractivity contribution is -0.253. The van der Waals surface area contributed by atoms with Crippen molar-refractivity contribution < 1.29 is 65.3 Å². The number of hydrogen-bond acceptors (Lipinski definition) is 15. The molecule has 242 valence electrons. The van der Waals surface area contributed by atoms with Crippen LogP contribution in [0.15, 0.2) is 21.9 Å². The molecule has 1 spiro atoms. The molecule has 1 N–H and O–H groups in total. The number of phosphoric ester groups is 1. The maximum atomic E-state index is 15.1. The number of nitrogens with one attached hydrogen (secondary N) is 1. The van der Waals surface area contributed by atoms with Crippen LogP contribution in [0.2, 0.25) is 0 Å². The summed E-state index contributed by atoms with van der Waals surface area (Å²) in [6, 6.07) is 1.08. The average molecular weight is 641 g/mol. The molecule has 1 aliphatic carbocycles. The fourth-order valence-corrected chi connectivity index (χ4v) is 6.21. The van der Waals surface area contributed by atoms with Crippen LogP contribution in [0.5, 0.6) is 0 Å². The average Bonchev–Trinajstić information content (AvgIpc) is 3.59. The SMILES string of the molecule is CCOC(=O)OCOP(=O)(OCOC(=O)OCC)OC[C@@]1(CF)O[C@@H](n2ccc(=O)[nH]c2=O)[C@]2(C)OC3(CCCC3)O[C@H]12. The van der Waals surface area contributed by atoms with Gasteiger partial charge in [-0.1, -0.05) is 0 Å². The third kappa shape index (κ3) is 7.11. The van der Waals surface area contributed by atoms with E-state index in [1.807, 2.05) is 0 Å². The summed E-state index contributed by atoms with van der Waals surface area (Å²) in [5, 5.41) is 0. The first-order valence-electron chi connectivity index (χ1n) is 13.5. The van der Waals surface area contributed by atoms with Crippen LogP contribution < -0.4 is 11.2 Å². The van der Waals surface area contributed by atoms with Gasteiger partial charge in [0, 0.05) is 25.1 Å². The smallest absolute Gasteiger partial charge is 0.435 e. The molecule has 4 atom stereocenters. The topological polar surface area (TPSA) is 198 Å². The minimum atomic E-state index is -4.80. The van der Waals surface area contributed by atoms with Crippen LogP contribution in [0, 0.1) is 0 Å². The Bertz CT molecular complexity index is 1290. The summed E-state index contributed by atoms with van der Waals surface area (Å²) in [4.78, 5) is 49.7. The van der Waals surface area contributed by atoms with Gasteiger partial charge in [0.15, 0.2) is 17.6 Å². The number of nitrogens with zero attached hydrogens (tertiary/aromatic N) is 1. The van der Waals surface area contributed by atoms with Crippen LogP contribution in [0.1, 0.15) is 52.7 Å². The number of rotatable bonds is 13. The van der Waals surface area contributed by atoms with E-state index < -0.39 is 87.6 Å². The predicted octanol–water partition coefficient (Wildman–Crippen LogP) is 2.64. The number of phosphoric acid groups is 1. The third-order valence-electron chi connectivity index (χ3n) is 7.04. The Hall–Kier alpha value is -2.86. The zero-order valence-electron chi connectivity index (χ0n) is 23.8. The zero-order chi connectivity index (χ0) is 31.3. The molecule has 3 aliphatic rings. The van der Waals surface area contributed by atoms with E-state index in [9.17, 15) is 23.7 Å². The van der Waals surface area contributed by atoms with Crippen molar-refractivity contribution in [2.45, 2.75) is 75.8 Å². The second kappa shape index (κ2) is 13.4. The Morgan fingerprint density at radius 1 is 1.02 bits per heavy atom. The first-order chi connectivity index (χ1) is 20.4. The van der Waals surface area contributed by atoms with Gasteiger partial charge in [-0.15, -0.1) is 0 Å². The normalized spacial score (nSPS) is 27.6. The summed E-state index contributed by atoms with van der Waals surface area (Å²) < 4.78 is 82.4. The van der Waals surface area contributed by atoms with Crippen molar-refractivity contribution in [1.29, 1.82) is 0 Å². The highest BCUT2D eigenvalue weighted by Gasteiger charge is 2.72. The molecule has 1 aromatic rings. The van der Waals surface area contributed by atoms with Crippen LogP contribution in [0.25, 0.3) is 0 Å². The molecule has 0 amide bonds.